The first-order chi connectivity index (χ1) is 12.2. The van der Waals surface area contributed by atoms with E-state index in [1.807, 2.05) is 24.3 Å². The topological polar surface area (TPSA) is 59.6 Å². The molecule has 2 N–H and O–H groups in total. The largest absolute Gasteiger partial charge is 0.491 e. The van der Waals surface area contributed by atoms with Gasteiger partial charge in [-0.3, -0.25) is 4.79 Å². The van der Waals surface area contributed by atoms with E-state index in [1.54, 1.807) is 0 Å². The second kappa shape index (κ2) is 10.8. The molecular weight excluding hydrogens is 352 g/mol. The zero-order valence-corrected chi connectivity index (χ0v) is 16.4. The Morgan fingerprint density at radius 1 is 1.35 bits per heavy atom. The molecule has 26 heavy (non-hydrogen) atoms. The van der Waals surface area contributed by atoms with Crippen LogP contribution in [0, 0.1) is 11.8 Å². The molecule has 1 amide bonds. The predicted molar refractivity (Wildman–Crippen MR) is 106 cm³/mol. The maximum Gasteiger partial charge on any atom is 0.224 e. The molecule has 5 nitrogen and oxygen atoms in total. The third kappa shape index (κ3) is 6.45. The van der Waals surface area contributed by atoms with Crippen molar-refractivity contribution < 1.29 is 14.3 Å². The monoisotopic (exact) mass is 382 g/mol. The second-order valence-corrected chi connectivity index (χ2v) is 7.29. The summed E-state index contributed by atoms with van der Waals surface area (Å²) in [6, 6.07) is 7.63. The smallest absolute Gasteiger partial charge is 0.224 e. The molecule has 146 valence electrons. The van der Waals surface area contributed by atoms with Crippen molar-refractivity contribution in [1.82, 2.24) is 5.32 Å². The number of carbonyl (C=O) groups is 1. The van der Waals surface area contributed by atoms with Crippen molar-refractivity contribution in [2.75, 3.05) is 31.6 Å². The number of rotatable bonds is 7. The Bertz CT molecular complexity index is 558. The van der Waals surface area contributed by atoms with E-state index in [2.05, 4.69) is 17.6 Å². The minimum atomic E-state index is 0. The molecule has 2 aliphatic rings. The molecule has 2 aliphatic heterocycles. The highest BCUT2D eigenvalue weighted by atomic mass is 35.5. The molecule has 6 heteroatoms. The van der Waals surface area contributed by atoms with Crippen molar-refractivity contribution in [1.29, 1.82) is 0 Å². The molecule has 3 rings (SSSR count). The van der Waals surface area contributed by atoms with Gasteiger partial charge in [0.2, 0.25) is 5.91 Å². The number of benzene rings is 1. The van der Waals surface area contributed by atoms with Crippen LogP contribution in [0.5, 0.6) is 5.75 Å². The van der Waals surface area contributed by atoms with Crippen LogP contribution in [0.3, 0.4) is 0 Å². The molecule has 1 aromatic carbocycles. The molecule has 2 saturated heterocycles. The van der Waals surface area contributed by atoms with Gasteiger partial charge in [0.05, 0.1) is 6.10 Å². The number of carbonyl (C=O) groups excluding carboxylic acids is 1. The Hall–Kier alpha value is -1.30. The number of halogens is 1. The fraction of sp³-hybridized carbons (Fsp3) is 0.650. The van der Waals surface area contributed by atoms with Gasteiger partial charge in [-0.1, -0.05) is 13.0 Å². The number of hydrogen-bond acceptors (Lipinski definition) is 4. The summed E-state index contributed by atoms with van der Waals surface area (Å²) in [5.74, 6) is 1.93. The summed E-state index contributed by atoms with van der Waals surface area (Å²) in [6.45, 7) is 5.74. The van der Waals surface area contributed by atoms with Crippen molar-refractivity contribution in [2.24, 2.45) is 11.8 Å². The summed E-state index contributed by atoms with van der Waals surface area (Å²) in [5, 5.41) is 6.39. The van der Waals surface area contributed by atoms with Gasteiger partial charge in [-0.2, -0.15) is 0 Å². The van der Waals surface area contributed by atoms with Gasteiger partial charge in [0.25, 0.3) is 0 Å². The molecule has 0 aliphatic carbocycles. The van der Waals surface area contributed by atoms with Crippen LogP contribution in [0.1, 0.15) is 39.0 Å². The summed E-state index contributed by atoms with van der Waals surface area (Å²) >= 11 is 0. The van der Waals surface area contributed by atoms with Gasteiger partial charge >= 0.3 is 0 Å². The fourth-order valence-corrected chi connectivity index (χ4v) is 3.71. The lowest BCUT2D eigenvalue weighted by Crippen LogP contribution is -2.32. The van der Waals surface area contributed by atoms with E-state index in [4.69, 9.17) is 9.47 Å². The lowest BCUT2D eigenvalue weighted by atomic mass is 9.84. The van der Waals surface area contributed by atoms with Crippen LogP contribution < -0.4 is 15.4 Å². The summed E-state index contributed by atoms with van der Waals surface area (Å²) in [4.78, 5) is 12.4. The van der Waals surface area contributed by atoms with E-state index < -0.39 is 0 Å². The van der Waals surface area contributed by atoms with Crippen LogP contribution in [0.15, 0.2) is 24.3 Å². The highest BCUT2D eigenvalue weighted by Crippen LogP contribution is 2.25. The minimum absolute atomic E-state index is 0. The minimum Gasteiger partial charge on any atom is -0.491 e. The van der Waals surface area contributed by atoms with Crippen molar-refractivity contribution in [2.45, 2.75) is 45.1 Å². The lowest BCUT2D eigenvalue weighted by Gasteiger charge is -2.27. The normalized spacial score (nSPS) is 21.7. The molecule has 0 radical (unpaired) electrons. The Morgan fingerprint density at radius 2 is 2.15 bits per heavy atom. The highest BCUT2D eigenvalue weighted by Gasteiger charge is 2.22. The molecule has 0 spiro atoms. The molecular formula is C20H31ClN2O3. The highest BCUT2D eigenvalue weighted by molar-refractivity contribution is 5.91. The van der Waals surface area contributed by atoms with Crippen molar-refractivity contribution in [3.63, 3.8) is 0 Å². The Labute approximate surface area is 162 Å². The zero-order valence-electron chi connectivity index (χ0n) is 15.5. The molecule has 2 unspecified atom stereocenters. The first-order valence-corrected chi connectivity index (χ1v) is 9.56. The Balaban J connectivity index is 0.00000243. The van der Waals surface area contributed by atoms with Gasteiger partial charge in [0.1, 0.15) is 12.4 Å². The second-order valence-electron chi connectivity index (χ2n) is 7.29. The van der Waals surface area contributed by atoms with Crippen LogP contribution in [-0.2, 0) is 9.53 Å². The SMILES string of the molecule is CC(CC(=O)Nc1cccc(OCC2CCCO2)c1)C1CCNCC1.Cl. The number of anilines is 1. The standard InChI is InChI=1S/C20H30N2O3.ClH/c1-15(16-7-9-21-10-8-16)12-20(23)22-17-4-2-5-18(13-17)25-14-19-6-3-11-24-19;/h2,4-5,13,15-16,19,21H,3,6-12,14H2,1H3,(H,22,23);1H. The van der Waals surface area contributed by atoms with E-state index in [0.717, 1.165) is 44.0 Å². The number of amides is 1. The fourth-order valence-electron chi connectivity index (χ4n) is 3.71. The third-order valence-electron chi connectivity index (χ3n) is 5.27. The summed E-state index contributed by atoms with van der Waals surface area (Å²) in [6.07, 6.45) is 5.28. The van der Waals surface area contributed by atoms with Gasteiger partial charge < -0.3 is 20.1 Å². The molecule has 0 bridgehead atoms. The van der Waals surface area contributed by atoms with Gasteiger partial charge in [0, 0.05) is 24.8 Å². The van der Waals surface area contributed by atoms with Gasteiger partial charge in [-0.05, 0) is 62.7 Å². The molecule has 2 heterocycles. The number of nitrogens with one attached hydrogen (secondary N) is 2. The number of piperidine rings is 1. The maximum absolute atomic E-state index is 12.4. The summed E-state index contributed by atoms with van der Waals surface area (Å²) in [7, 11) is 0. The van der Waals surface area contributed by atoms with Crippen LogP contribution in [0.4, 0.5) is 5.69 Å². The predicted octanol–water partition coefficient (Wildman–Crippen LogP) is 3.63. The third-order valence-corrected chi connectivity index (χ3v) is 5.27. The van der Waals surface area contributed by atoms with Crippen LogP contribution in [0.2, 0.25) is 0 Å². The number of ether oxygens (including phenoxy) is 2. The van der Waals surface area contributed by atoms with Crippen molar-refractivity contribution in [3.05, 3.63) is 24.3 Å². The van der Waals surface area contributed by atoms with Crippen molar-refractivity contribution in [3.8, 4) is 5.75 Å². The summed E-state index contributed by atoms with van der Waals surface area (Å²) < 4.78 is 11.4. The first kappa shape index (κ1) is 21.0. The quantitative estimate of drug-likeness (QED) is 0.756. The van der Waals surface area contributed by atoms with Crippen LogP contribution >= 0.6 is 12.4 Å². The average Bonchev–Trinajstić information content (AvgIpc) is 3.14. The van der Waals surface area contributed by atoms with Crippen molar-refractivity contribution >= 4 is 24.0 Å². The lowest BCUT2D eigenvalue weighted by molar-refractivity contribution is -0.117. The van der Waals surface area contributed by atoms with Gasteiger partial charge in [-0.25, -0.2) is 0 Å². The molecule has 0 saturated carbocycles. The maximum atomic E-state index is 12.4. The molecule has 1 aromatic rings. The zero-order chi connectivity index (χ0) is 17.5. The first-order valence-electron chi connectivity index (χ1n) is 9.56. The van der Waals surface area contributed by atoms with Gasteiger partial charge in [-0.15, -0.1) is 12.4 Å². The van der Waals surface area contributed by atoms with E-state index in [0.29, 0.717) is 24.9 Å². The molecule has 2 atom stereocenters. The number of hydrogen-bond donors (Lipinski definition) is 2. The molecule has 0 aromatic heterocycles. The van der Waals surface area contributed by atoms with Crippen LogP contribution in [0.25, 0.3) is 0 Å². The van der Waals surface area contributed by atoms with E-state index >= 15 is 0 Å². The Morgan fingerprint density at radius 3 is 2.88 bits per heavy atom. The van der Waals surface area contributed by atoms with Crippen LogP contribution in [-0.4, -0.2) is 38.3 Å². The van der Waals surface area contributed by atoms with Gasteiger partial charge in [0.15, 0.2) is 0 Å². The Kier molecular flexibility index (Phi) is 8.69. The van der Waals surface area contributed by atoms with E-state index in [-0.39, 0.29) is 24.4 Å². The summed E-state index contributed by atoms with van der Waals surface area (Å²) in [5.41, 5.74) is 0.798. The van der Waals surface area contributed by atoms with E-state index in [1.165, 1.54) is 12.8 Å². The molecule has 2 fully saturated rings. The van der Waals surface area contributed by atoms with E-state index in [9.17, 15) is 4.79 Å². The average molecular weight is 383 g/mol.